The van der Waals surface area contributed by atoms with Crippen LogP contribution in [-0.4, -0.2) is 27.9 Å². The number of nitrogens with zero attached hydrogens (tertiary/aromatic N) is 2. The van der Waals surface area contributed by atoms with E-state index in [9.17, 15) is 9.59 Å². The standard InChI is InChI=1S/C25H27N3O3/c1-18-11-13-19(14-12-18)16-26-24(29)23-15-22(31-27-23)17-28(21-9-5-6-10-21)25(30)20-7-3-2-4-8-20/h2-4,7-8,11-15,21H,5-6,9-10,16-17H2,1H3,(H,26,29). The molecular formula is C25H27N3O3. The van der Waals surface area contributed by atoms with E-state index in [4.69, 9.17) is 4.52 Å². The van der Waals surface area contributed by atoms with Gasteiger partial charge < -0.3 is 14.7 Å². The van der Waals surface area contributed by atoms with Gasteiger partial charge in [-0.2, -0.15) is 0 Å². The van der Waals surface area contributed by atoms with Crippen LogP contribution in [0.5, 0.6) is 0 Å². The minimum atomic E-state index is -0.294. The molecule has 0 saturated heterocycles. The van der Waals surface area contributed by atoms with Crippen molar-refractivity contribution in [3.63, 3.8) is 0 Å². The second-order valence-electron chi connectivity index (χ2n) is 8.08. The quantitative estimate of drug-likeness (QED) is 0.614. The fraction of sp³-hybridized carbons (Fsp3) is 0.320. The van der Waals surface area contributed by atoms with Gasteiger partial charge in [-0.15, -0.1) is 0 Å². The lowest BCUT2D eigenvalue weighted by molar-refractivity contribution is 0.0643. The number of carbonyl (C=O) groups is 2. The van der Waals surface area contributed by atoms with Crippen molar-refractivity contribution in [3.8, 4) is 0 Å². The highest BCUT2D eigenvalue weighted by molar-refractivity contribution is 5.94. The van der Waals surface area contributed by atoms with Crippen LogP contribution in [0.25, 0.3) is 0 Å². The molecule has 2 aromatic carbocycles. The summed E-state index contributed by atoms with van der Waals surface area (Å²) in [6, 6.07) is 19.1. The molecule has 2 amide bonds. The third-order valence-electron chi connectivity index (χ3n) is 5.74. The van der Waals surface area contributed by atoms with Gasteiger partial charge in [-0.25, -0.2) is 0 Å². The Hall–Kier alpha value is -3.41. The highest BCUT2D eigenvalue weighted by atomic mass is 16.5. The summed E-state index contributed by atoms with van der Waals surface area (Å²) in [6.07, 6.45) is 4.20. The van der Waals surface area contributed by atoms with Crippen molar-refractivity contribution in [3.05, 3.63) is 88.8 Å². The fourth-order valence-corrected chi connectivity index (χ4v) is 3.97. The van der Waals surface area contributed by atoms with Crippen molar-refractivity contribution >= 4 is 11.8 Å². The van der Waals surface area contributed by atoms with Crippen molar-refractivity contribution < 1.29 is 14.1 Å². The predicted octanol–water partition coefficient (Wildman–Crippen LogP) is 4.50. The van der Waals surface area contributed by atoms with E-state index in [0.29, 0.717) is 24.4 Å². The van der Waals surface area contributed by atoms with Gasteiger partial charge >= 0.3 is 0 Å². The average molecular weight is 418 g/mol. The Bertz CT molecular complexity index is 1020. The molecule has 6 nitrogen and oxygen atoms in total. The molecule has 0 radical (unpaired) electrons. The lowest BCUT2D eigenvalue weighted by atomic mass is 10.1. The molecule has 1 fully saturated rings. The SMILES string of the molecule is Cc1ccc(CNC(=O)c2cc(CN(C(=O)c3ccccc3)C3CCCC3)on2)cc1. The van der Waals surface area contributed by atoms with Crippen molar-refractivity contribution in [1.29, 1.82) is 0 Å². The number of benzene rings is 2. The van der Waals surface area contributed by atoms with Gasteiger partial charge in [0, 0.05) is 24.2 Å². The Morgan fingerprint density at radius 3 is 2.48 bits per heavy atom. The van der Waals surface area contributed by atoms with Gasteiger partial charge in [0.2, 0.25) is 0 Å². The largest absolute Gasteiger partial charge is 0.359 e. The molecule has 0 atom stereocenters. The first-order chi connectivity index (χ1) is 15.1. The molecule has 1 N–H and O–H groups in total. The van der Waals surface area contributed by atoms with E-state index < -0.39 is 0 Å². The molecule has 3 aromatic rings. The molecule has 0 aliphatic heterocycles. The van der Waals surface area contributed by atoms with Gasteiger partial charge in [0.25, 0.3) is 11.8 Å². The molecular weight excluding hydrogens is 390 g/mol. The first kappa shape index (κ1) is 20.8. The molecule has 1 heterocycles. The maximum Gasteiger partial charge on any atom is 0.273 e. The van der Waals surface area contributed by atoms with Crippen LogP contribution < -0.4 is 5.32 Å². The molecule has 31 heavy (non-hydrogen) atoms. The molecule has 160 valence electrons. The van der Waals surface area contributed by atoms with E-state index in [1.165, 1.54) is 5.56 Å². The van der Waals surface area contributed by atoms with E-state index in [-0.39, 0.29) is 23.6 Å². The number of amides is 2. The Balaban J connectivity index is 1.43. The number of aryl methyl sites for hydroxylation is 1. The van der Waals surface area contributed by atoms with Crippen LogP contribution >= 0.6 is 0 Å². The maximum absolute atomic E-state index is 13.1. The zero-order chi connectivity index (χ0) is 21.6. The van der Waals surface area contributed by atoms with E-state index in [1.807, 2.05) is 66.4 Å². The summed E-state index contributed by atoms with van der Waals surface area (Å²) in [5.74, 6) is 0.198. The summed E-state index contributed by atoms with van der Waals surface area (Å²) in [5.41, 5.74) is 3.07. The molecule has 1 aromatic heterocycles. The molecule has 4 rings (SSSR count). The lowest BCUT2D eigenvalue weighted by Crippen LogP contribution is -2.38. The molecule has 1 aliphatic rings. The van der Waals surface area contributed by atoms with Crippen molar-refractivity contribution in [2.24, 2.45) is 0 Å². The Morgan fingerprint density at radius 1 is 1.06 bits per heavy atom. The summed E-state index contributed by atoms with van der Waals surface area (Å²) in [5, 5.41) is 6.79. The molecule has 1 saturated carbocycles. The van der Waals surface area contributed by atoms with Crippen LogP contribution in [0.15, 0.2) is 65.2 Å². The van der Waals surface area contributed by atoms with E-state index >= 15 is 0 Å². The zero-order valence-corrected chi connectivity index (χ0v) is 17.7. The summed E-state index contributed by atoms with van der Waals surface area (Å²) in [6.45, 7) is 2.75. The van der Waals surface area contributed by atoms with Gasteiger partial charge in [-0.3, -0.25) is 9.59 Å². The second-order valence-corrected chi connectivity index (χ2v) is 8.08. The Morgan fingerprint density at radius 2 is 1.77 bits per heavy atom. The second kappa shape index (κ2) is 9.60. The third-order valence-corrected chi connectivity index (χ3v) is 5.74. The van der Waals surface area contributed by atoms with Gasteiger partial charge in [0.05, 0.1) is 6.54 Å². The lowest BCUT2D eigenvalue weighted by Gasteiger charge is -2.28. The zero-order valence-electron chi connectivity index (χ0n) is 17.7. The van der Waals surface area contributed by atoms with Crippen molar-refractivity contribution in [1.82, 2.24) is 15.4 Å². The summed E-state index contributed by atoms with van der Waals surface area (Å²) in [4.78, 5) is 27.5. The third kappa shape index (κ3) is 5.20. The van der Waals surface area contributed by atoms with Gasteiger partial charge in [0.15, 0.2) is 11.5 Å². The average Bonchev–Trinajstić information content (AvgIpc) is 3.49. The fourth-order valence-electron chi connectivity index (χ4n) is 3.97. The summed E-state index contributed by atoms with van der Waals surface area (Å²) >= 11 is 0. The van der Waals surface area contributed by atoms with Crippen molar-refractivity contribution in [2.75, 3.05) is 0 Å². The molecule has 0 spiro atoms. The van der Waals surface area contributed by atoms with Crippen LogP contribution in [0.4, 0.5) is 0 Å². The number of carbonyl (C=O) groups excluding carboxylic acids is 2. The minimum absolute atomic E-state index is 0.0192. The predicted molar refractivity (Wildman–Crippen MR) is 117 cm³/mol. The first-order valence-corrected chi connectivity index (χ1v) is 10.8. The number of nitrogens with one attached hydrogen (secondary N) is 1. The highest BCUT2D eigenvalue weighted by Crippen LogP contribution is 2.26. The molecule has 6 heteroatoms. The number of hydrogen-bond acceptors (Lipinski definition) is 4. The van der Waals surface area contributed by atoms with Crippen LogP contribution in [0.3, 0.4) is 0 Å². The number of aromatic nitrogens is 1. The molecule has 0 unspecified atom stereocenters. The topological polar surface area (TPSA) is 75.4 Å². The van der Waals surface area contributed by atoms with Crippen LogP contribution in [-0.2, 0) is 13.1 Å². The van der Waals surface area contributed by atoms with Crippen LogP contribution in [0.2, 0.25) is 0 Å². The van der Waals surface area contributed by atoms with Crippen LogP contribution in [0, 0.1) is 6.92 Å². The monoisotopic (exact) mass is 417 g/mol. The summed E-state index contributed by atoms with van der Waals surface area (Å²) in [7, 11) is 0. The minimum Gasteiger partial charge on any atom is -0.359 e. The number of rotatable bonds is 7. The highest BCUT2D eigenvalue weighted by Gasteiger charge is 2.29. The molecule has 0 bridgehead atoms. The van der Waals surface area contributed by atoms with Gasteiger partial charge in [0.1, 0.15) is 0 Å². The summed E-state index contributed by atoms with van der Waals surface area (Å²) < 4.78 is 5.42. The van der Waals surface area contributed by atoms with Crippen LogP contribution in [0.1, 0.15) is 63.4 Å². The van der Waals surface area contributed by atoms with E-state index in [1.54, 1.807) is 6.07 Å². The molecule has 1 aliphatic carbocycles. The first-order valence-electron chi connectivity index (χ1n) is 10.8. The normalized spacial score (nSPS) is 13.8. The van der Waals surface area contributed by atoms with Crippen molar-refractivity contribution in [2.45, 2.75) is 51.7 Å². The van der Waals surface area contributed by atoms with E-state index in [0.717, 1.165) is 31.2 Å². The smallest absolute Gasteiger partial charge is 0.273 e. The Labute approximate surface area is 182 Å². The Kier molecular flexibility index (Phi) is 6.46. The maximum atomic E-state index is 13.1. The van der Waals surface area contributed by atoms with Gasteiger partial charge in [-0.05, 0) is 37.5 Å². The number of hydrogen-bond donors (Lipinski definition) is 1. The van der Waals surface area contributed by atoms with E-state index in [2.05, 4.69) is 10.5 Å². The van der Waals surface area contributed by atoms with Gasteiger partial charge in [-0.1, -0.05) is 66.0 Å².